The third-order valence-electron chi connectivity index (χ3n) is 2.61. The molecule has 3 nitrogen and oxygen atoms in total. The van der Waals surface area contributed by atoms with Gasteiger partial charge in [0.2, 0.25) is 0 Å². The maximum atomic E-state index is 5.88. The normalized spacial score (nSPS) is 12.0. The lowest BCUT2D eigenvalue weighted by Gasteiger charge is -2.24. The molecule has 0 aliphatic carbocycles. The molecule has 0 fully saturated rings. The maximum Gasteiger partial charge on any atom is 0.189 e. The second-order valence-electron chi connectivity index (χ2n) is 3.61. The van der Waals surface area contributed by atoms with Crippen molar-refractivity contribution >= 4 is 8.32 Å². The van der Waals surface area contributed by atoms with Crippen molar-refractivity contribution in [3.8, 4) is 0 Å². The highest BCUT2D eigenvalue weighted by atomic mass is 28.4. The van der Waals surface area contributed by atoms with Crippen LogP contribution in [-0.4, -0.2) is 41.9 Å². The van der Waals surface area contributed by atoms with Crippen LogP contribution in [0.3, 0.4) is 0 Å². The van der Waals surface area contributed by atoms with Gasteiger partial charge < -0.3 is 13.9 Å². The molecule has 0 radical (unpaired) electrons. The molecule has 0 spiro atoms. The summed E-state index contributed by atoms with van der Waals surface area (Å²) in [6, 6.07) is 2.36. The fraction of sp³-hybridized carbons (Fsp3) is 1.00. The summed E-state index contributed by atoms with van der Waals surface area (Å²) in [5.41, 5.74) is 0. The highest BCUT2D eigenvalue weighted by Gasteiger charge is 2.23. The first-order chi connectivity index (χ1) is 6.68. The Bertz CT molecular complexity index is 127. The Labute approximate surface area is 88.9 Å². The third-order valence-corrected chi connectivity index (χ3v) is 6.50. The van der Waals surface area contributed by atoms with E-state index in [9.17, 15) is 0 Å². The van der Waals surface area contributed by atoms with Crippen LogP contribution in [0.4, 0.5) is 0 Å². The molecule has 4 heteroatoms. The summed E-state index contributed by atoms with van der Waals surface area (Å²) in [7, 11) is 0.301. The third kappa shape index (κ3) is 6.54. The molecule has 0 atom stereocenters. The molecule has 0 aromatic rings. The molecule has 0 heterocycles. The largest absolute Gasteiger partial charge is 0.415 e. The van der Waals surface area contributed by atoms with E-state index in [4.69, 9.17) is 13.9 Å². The van der Waals surface area contributed by atoms with Crippen molar-refractivity contribution in [3.05, 3.63) is 0 Å². The molecule has 0 bridgehead atoms. The van der Waals surface area contributed by atoms with Gasteiger partial charge in [-0.2, -0.15) is 0 Å². The number of rotatable bonds is 9. The summed E-state index contributed by atoms with van der Waals surface area (Å²) in [4.78, 5) is 0. The average molecular weight is 220 g/mol. The minimum Gasteiger partial charge on any atom is -0.415 e. The van der Waals surface area contributed by atoms with Crippen molar-refractivity contribution in [2.45, 2.75) is 32.5 Å². The fourth-order valence-corrected chi connectivity index (χ4v) is 2.53. The second-order valence-corrected chi connectivity index (χ2v) is 8.21. The molecule has 0 aliphatic rings. The summed E-state index contributed by atoms with van der Waals surface area (Å²) >= 11 is 0. The zero-order valence-electron chi connectivity index (χ0n) is 9.97. The molecule has 14 heavy (non-hydrogen) atoms. The van der Waals surface area contributed by atoms with Crippen LogP contribution in [0, 0.1) is 0 Å². The van der Waals surface area contributed by atoms with Crippen molar-refractivity contribution in [2.24, 2.45) is 0 Å². The van der Waals surface area contributed by atoms with Crippen LogP contribution >= 0.6 is 0 Å². The Morgan fingerprint density at radius 3 is 2.00 bits per heavy atom. The van der Waals surface area contributed by atoms with Gasteiger partial charge >= 0.3 is 0 Å². The summed E-state index contributed by atoms with van der Waals surface area (Å²) in [6.07, 6.45) is 0. The monoisotopic (exact) mass is 220 g/mol. The lowest BCUT2D eigenvalue weighted by Crippen LogP contribution is -2.33. The second kappa shape index (κ2) is 8.41. The number of hydrogen-bond donors (Lipinski definition) is 0. The minimum absolute atomic E-state index is 0.663. The van der Waals surface area contributed by atoms with E-state index in [1.807, 2.05) is 0 Å². The van der Waals surface area contributed by atoms with Gasteiger partial charge in [0.1, 0.15) is 0 Å². The van der Waals surface area contributed by atoms with Crippen molar-refractivity contribution < 1.29 is 13.9 Å². The Morgan fingerprint density at radius 1 is 0.929 bits per heavy atom. The van der Waals surface area contributed by atoms with E-state index in [1.54, 1.807) is 7.11 Å². The SMILES string of the molecule is CC[Si](C)(CC)OCCOCCOC. The zero-order valence-corrected chi connectivity index (χ0v) is 11.0. The fourth-order valence-electron chi connectivity index (χ4n) is 1.05. The Hall–Kier alpha value is 0.0969. The van der Waals surface area contributed by atoms with Gasteiger partial charge in [-0.3, -0.25) is 0 Å². The first-order valence-corrected chi connectivity index (χ1v) is 8.21. The smallest absolute Gasteiger partial charge is 0.189 e. The molecule has 0 saturated carbocycles. The summed E-state index contributed by atoms with van der Waals surface area (Å²) in [5, 5.41) is 0. The van der Waals surface area contributed by atoms with Gasteiger partial charge in [-0.05, 0) is 18.6 Å². The van der Waals surface area contributed by atoms with E-state index < -0.39 is 8.32 Å². The lowest BCUT2D eigenvalue weighted by atomic mass is 10.7. The Balaban J connectivity index is 3.34. The molecule has 0 unspecified atom stereocenters. The highest BCUT2D eigenvalue weighted by Crippen LogP contribution is 2.15. The molecule has 86 valence electrons. The van der Waals surface area contributed by atoms with Crippen LogP contribution < -0.4 is 0 Å². The van der Waals surface area contributed by atoms with E-state index >= 15 is 0 Å². The standard InChI is InChI=1S/C10H24O3Si/c1-5-14(4,6-2)13-10-9-12-8-7-11-3/h5-10H2,1-4H3. The van der Waals surface area contributed by atoms with Crippen LogP contribution in [0.15, 0.2) is 0 Å². The average Bonchev–Trinajstić information content (AvgIpc) is 2.23. The first-order valence-electron chi connectivity index (χ1n) is 5.39. The van der Waals surface area contributed by atoms with Crippen molar-refractivity contribution in [2.75, 3.05) is 33.5 Å². The van der Waals surface area contributed by atoms with E-state index in [0.29, 0.717) is 19.8 Å². The van der Waals surface area contributed by atoms with E-state index in [2.05, 4.69) is 20.4 Å². The predicted molar refractivity (Wildman–Crippen MR) is 61.2 cm³/mol. The molecule has 0 aliphatic heterocycles. The van der Waals surface area contributed by atoms with E-state index in [1.165, 1.54) is 12.1 Å². The molecular formula is C10H24O3Si. The molecular weight excluding hydrogens is 196 g/mol. The Morgan fingerprint density at radius 2 is 1.50 bits per heavy atom. The van der Waals surface area contributed by atoms with Crippen molar-refractivity contribution in [1.82, 2.24) is 0 Å². The molecule has 0 saturated heterocycles. The quantitative estimate of drug-likeness (QED) is 0.441. The number of hydrogen-bond acceptors (Lipinski definition) is 3. The van der Waals surface area contributed by atoms with Crippen molar-refractivity contribution in [1.29, 1.82) is 0 Å². The van der Waals surface area contributed by atoms with Crippen LogP contribution in [0.5, 0.6) is 0 Å². The van der Waals surface area contributed by atoms with Crippen LogP contribution in [0.2, 0.25) is 18.6 Å². The molecule has 0 amide bonds. The highest BCUT2D eigenvalue weighted by molar-refractivity contribution is 6.72. The molecule has 0 rings (SSSR count). The van der Waals surface area contributed by atoms with Gasteiger partial charge in [0, 0.05) is 7.11 Å². The summed E-state index contributed by atoms with van der Waals surface area (Å²) < 4.78 is 16.1. The number of methoxy groups -OCH3 is 1. The van der Waals surface area contributed by atoms with Crippen molar-refractivity contribution in [3.63, 3.8) is 0 Å². The van der Waals surface area contributed by atoms with Gasteiger partial charge in [0.05, 0.1) is 26.4 Å². The summed E-state index contributed by atoms with van der Waals surface area (Å²) in [6.45, 7) is 9.44. The maximum absolute atomic E-state index is 5.88. The molecule has 0 N–H and O–H groups in total. The molecule has 0 aromatic carbocycles. The van der Waals surface area contributed by atoms with Crippen LogP contribution in [0.25, 0.3) is 0 Å². The van der Waals surface area contributed by atoms with Gasteiger partial charge in [0.15, 0.2) is 8.32 Å². The van der Waals surface area contributed by atoms with Gasteiger partial charge in [0.25, 0.3) is 0 Å². The zero-order chi connectivity index (χ0) is 10.9. The summed E-state index contributed by atoms with van der Waals surface area (Å²) in [5.74, 6) is 0. The van der Waals surface area contributed by atoms with Gasteiger partial charge in [-0.1, -0.05) is 13.8 Å². The topological polar surface area (TPSA) is 27.7 Å². The first kappa shape index (κ1) is 14.1. The Kier molecular flexibility index (Phi) is 8.47. The van der Waals surface area contributed by atoms with Crippen LogP contribution in [0.1, 0.15) is 13.8 Å². The predicted octanol–water partition coefficient (Wildman–Crippen LogP) is 2.28. The minimum atomic E-state index is -1.38. The molecule has 0 aromatic heterocycles. The van der Waals surface area contributed by atoms with E-state index in [0.717, 1.165) is 6.61 Å². The van der Waals surface area contributed by atoms with E-state index in [-0.39, 0.29) is 0 Å². The van der Waals surface area contributed by atoms with Gasteiger partial charge in [-0.15, -0.1) is 0 Å². The lowest BCUT2D eigenvalue weighted by molar-refractivity contribution is 0.0527. The van der Waals surface area contributed by atoms with Gasteiger partial charge in [-0.25, -0.2) is 0 Å². The van der Waals surface area contributed by atoms with Crippen LogP contribution in [-0.2, 0) is 13.9 Å². The number of ether oxygens (including phenoxy) is 2.